The molecule has 30 heavy (non-hydrogen) atoms. The number of hydrogen-bond donors (Lipinski definition) is 1. The smallest absolute Gasteiger partial charge is 0.275 e. The van der Waals surface area contributed by atoms with Gasteiger partial charge in [-0.3, -0.25) is 14.1 Å². The molecule has 3 aromatic rings. The summed E-state index contributed by atoms with van der Waals surface area (Å²) in [5, 5.41) is 2.78. The second kappa shape index (κ2) is 8.11. The molecule has 1 amide bonds. The normalized spacial score (nSPS) is 13.4. The average molecular weight is 424 g/mol. The second-order valence-corrected chi connectivity index (χ2v) is 8.61. The number of methoxy groups -OCH3 is 1. The lowest BCUT2D eigenvalue weighted by Crippen LogP contribution is -2.35. The van der Waals surface area contributed by atoms with Crippen LogP contribution in [0.1, 0.15) is 22.5 Å². The average Bonchev–Trinajstić information content (AvgIpc) is 2.79. The van der Waals surface area contributed by atoms with Gasteiger partial charge in [0.1, 0.15) is 11.4 Å². The van der Waals surface area contributed by atoms with Gasteiger partial charge >= 0.3 is 0 Å². The van der Waals surface area contributed by atoms with Gasteiger partial charge in [-0.2, -0.15) is 0 Å². The fourth-order valence-electron chi connectivity index (χ4n) is 3.38. The molecule has 1 aliphatic rings. The van der Waals surface area contributed by atoms with Gasteiger partial charge in [-0.05, 0) is 60.9 Å². The number of aryl methyl sites for hydroxylation is 1. The third-order valence-electron chi connectivity index (χ3n) is 4.86. The summed E-state index contributed by atoms with van der Waals surface area (Å²) in [5.41, 5.74) is 2.26. The first-order valence-electron chi connectivity index (χ1n) is 9.36. The molecule has 0 bridgehead atoms. The monoisotopic (exact) mass is 424 g/mol. The number of anilines is 2. The summed E-state index contributed by atoms with van der Waals surface area (Å²) in [5.74, 6) is 0.220. The maximum absolute atomic E-state index is 13.2. The molecule has 2 aromatic carbocycles. The van der Waals surface area contributed by atoms with Gasteiger partial charge in [-0.1, -0.05) is 0 Å². The molecule has 1 N–H and O–H groups in total. The number of hydrogen-bond acceptors (Lipinski definition) is 6. The van der Waals surface area contributed by atoms with Gasteiger partial charge in [0.15, 0.2) is 0 Å². The fourth-order valence-corrected chi connectivity index (χ4v) is 4.92. The molecule has 9 heteroatoms. The standard InChI is InChI=1S/C21H20N4O4S/c1-29-17-5-7-18(8-6-17)30(27,28)25-12-2-3-15-13-16(4-9-20(15)25)24-21(26)19-14-22-10-11-23-19/h4-11,13-14H,2-3,12H2,1H3,(H,24,26). The number of rotatable bonds is 5. The topological polar surface area (TPSA) is 101 Å². The quantitative estimate of drug-likeness (QED) is 0.676. The molecule has 0 saturated carbocycles. The molecule has 0 atom stereocenters. The summed E-state index contributed by atoms with van der Waals surface area (Å²) in [4.78, 5) is 20.4. The minimum Gasteiger partial charge on any atom is -0.497 e. The van der Waals surface area contributed by atoms with Crippen molar-refractivity contribution < 1.29 is 17.9 Å². The minimum atomic E-state index is -3.71. The lowest BCUT2D eigenvalue weighted by Gasteiger charge is -2.31. The number of fused-ring (bicyclic) bond motifs is 1. The van der Waals surface area contributed by atoms with Crippen LogP contribution in [0.2, 0.25) is 0 Å². The number of sulfonamides is 1. The van der Waals surface area contributed by atoms with E-state index in [1.807, 2.05) is 0 Å². The van der Waals surface area contributed by atoms with Crippen molar-refractivity contribution in [2.75, 3.05) is 23.3 Å². The van der Waals surface area contributed by atoms with E-state index in [1.54, 1.807) is 30.3 Å². The molecule has 4 rings (SSSR count). The first-order valence-corrected chi connectivity index (χ1v) is 10.8. The molecule has 0 spiro atoms. The highest BCUT2D eigenvalue weighted by Crippen LogP contribution is 2.34. The van der Waals surface area contributed by atoms with Crippen LogP contribution < -0.4 is 14.4 Å². The Kier molecular flexibility index (Phi) is 5.37. The summed E-state index contributed by atoms with van der Waals surface area (Å²) < 4.78 is 32.9. The Balaban J connectivity index is 1.60. The van der Waals surface area contributed by atoms with Gasteiger partial charge < -0.3 is 10.1 Å². The Hall–Kier alpha value is -3.46. The van der Waals surface area contributed by atoms with Crippen molar-refractivity contribution in [2.45, 2.75) is 17.7 Å². The Morgan fingerprint density at radius 2 is 1.93 bits per heavy atom. The number of nitrogens with zero attached hydrogens (tertiary/aromatic N) is 3. The largest absolute Gasteiger partial charge is 0.497 e. The number of carbonyl (C=O) groups excluding carboxylic acids is 1. The van der Waals surface area contributed by atoms with Crippen molar-refractivity contribution in [2.24, 2.45) is 0 Å². The Morgan fingerprint density at radius 3 is 2.63 bits per heavy atom. The fraction of sp³-hybridized carbons (Fsp3) is 0.190. The van der Waals surface area contributed by atoms with Crippen LogP contribution in [0.25, 0.3) is 0 Å². The summed E-state index contributed by atoms with van der Waals surface area (Å²) >= 11 is 0. The molecular formula is C21H20N4O4S. The van der Waals surface area contributed by atoms with Crippen molar-refractivity contribution >= 4 is 27.3 Å². The lowest BCUT2D eigenvalue weighted by molar-refractivity contribution is 0.102. The van der Waals surface area contributed by atoms with Crippen LogP contribution in [0.15, 0.2) is 66.0 Å². The number of ether oxygens (including phenoxy) is 1. The van der Waals surface area contributed by atoms with E-state index < -0.39 is 10.0 Å². The highest BCUT2D eigenvalue weighted by molar-refractivity contribution is 7.92. The van der Waals surface area contributed by atoms with Crippen LogP contribution in [0, 0.1) is 0 Å². The highest BCUT2D eigenvalue weighted by Gasteiger charge is 2.29. The predicted octanol–water partition coefficient (Wildman–Crippen LogP) is 2.88. The van der Waals surface area contributed by atoms with E-state index in [1.165, 1.54) is 42.1 Å². The second-order valence-electron chi connectivity index (χ2n) is 6.74. The molecular weight excluding hydrogens is 404 g/mol. The van der Waals surface area contributed by atoms with Crippen LogP contribution in [-0.2, 0) is 16.4 Å². The zero-order valence-corrected chi connectivity index (χ0v) is 17.1. The Bertz CT molecular complexity index is 1170. The molecule has 1 aliphatic heterocycles. The van der Waals surface area contributed by atoms with E-state index in [9.17, 15) is 13.2 Å². The van der Waals surface area contributed by atoms with Crippen molar-refractivity contribution in [3.8, 4) is 5.75 Å². The molecule has 154 valence electrons. The number of aromatic nitrogens is 2. The molecule has 1 aromatic heterocycles. The Morgan fingerprint density at radius 1 is 1.13 bits per heavy atom. The number of nitrogens with one attached hydrogen (secondary N) is 1. The SMILES string of the molecule is COc1ccc(S(=O)(=O)N2CCCc3cc(NC(=O)c4cnccn4)ccc32)cc1. The van der Waals surface area contributed by atoms with Gasteiger partial charge in [0.05, 0.1) is 23.9 Å². The van der Waals surface area contributed by atoms with Gasteiger partial charge in [-0.25, -0.2) is 13.4 Å². The summed E-state index contributed by atoms with van der Waals surface area (Å²) in [6.07, 6.45) is 5.73. The van der Waals surface area contributed by atoms with Crippen molar-refractivity contribution in [3.05, 3.63) is 72.3 Å². The first kappa shape index (κ1) is 19.8. The molecule has 2 heterocycles. The highest BCUT2D eigenvalue weighted by atomic mass is 32.2. The zero-order chi connectivity index (χ0) is 21.1. The molecule has 0 radical (unpaired) electrons. The van der Waals surface area contributed by atoms with Crippen molar-refractivity contribution in [1.29, 1.82) is 0 Å². The van der Waals surface area contributed by atoms with Gasteiger partial charge in [0, 0.05) is 24.6 Å². The van der Waals surface area contributed by atoms with E-state index in [0.29, 0.717) is 30.1 Å². The molecule has 0 aliphatic carbocycles. The van der Waals surface area contributed by atoms with Crippen molar-refractivity contribution in [3.63, 3.8) is 0 Å². The first-order chi connectivity index (χ1) is 14.5. The molecule has 0 unspecified atom stereocenters. The number of carbonyl (C=O) groups is 1. The number of amides is 1. The van der Waals surface area contributed by atoms with Crippen molar-refractivity contribution in [1.82, 2.24) is 9.97 Å². The molecule has 8 nitrogen and oxygen atoms in total. The summed E-state index contributed by atoms with van der Waals surface area (Å²) in [6.45, 7) is 0.396. The van der Waals surface area contributed by atoms with Gasteiger partial charge in [0.25, 0.3) is 15.9 Å². The molecule has 0 saturated heterocycles. The van der Waals surface area contributed by atoms with E-state index in [0.717, 1.165) is 12.0 Å². The van der Waals surface area contributed by atoms with Crippen LogP contribution in [-0.4, -0.2) is 37.9 Å². The van der Waals surface area contributed by atoms with Crippen LogP contribution in [0.3, 0.4) is 0 Å². The zero-order valence-electron chi connectivity index (χ0n) is 16.3. The summed E-state index contributed by atoms with van der Waals surface area (Å²) in [6, 6.07) is 11.6. The Labute approximate surface area is 174 Å². The van der Waals surface area contributed by atoms with Crippen LogP contribution >= 0.6 is 0 Å². The number of benzene rings is 2. The minimum absolute atomic E-state index is 0.205. The third kappa shape index (κ3) is 3.84. The van der Waals surface area contributed by atoms with Crippen LogP contribution in [0.5, 0.6) is 5.75 Å². The van der Waals surface area contributed by atoms with E-state index in [4.69, 9.17) is 4.74 Å². The summed E-state index contributed by atoms with van der Waals surface area (Å²) in [7, 11) is -2.17. The molecule has 0 fully saturated rings. The van der Waals surface area contributed by atoms with E-state index in [-0.39, 0.29) is 16.5 Å². The maximum atomic E-state index is 13.2. The van der Waals surface area contributed by atoms with E-state index in [2.05, 4.69) is 15.3 Å². The van der Waals surface area contributed by atoms with Crippen LogP contribution in [0.4, 0.5) is 11.4 Å². The van der Waals surface area contributed by atoms with Gasteiger partial charge in [0.2, 0.25) is 0 Å². The lowest BCUT2D eigenvalue weighted by atomic mass is 10.0. The third-order valence-corrected chi connectivity index (χ3v) is 6.68. The van der Waals surface area contributed by atoms with E-state index >= 15 is 0 Å². The maximum Gasteiger partial charge on any atom is 0.275 e. The van der Waals surface area contributed by atoms with Gasteiger partial charge in [-0.15, -0.1) is 0 Å². The predicted molar refractivity (Wildman–Crippen MR) is 112 cm³/mol.